The van der Waals surface area contributed by atoms with E-state index in [2.05, 4.69) is 15.5 Å². The van der Waals surface area contributed by atoms with Gasteiger partial charge in [0, 0.05) is 23.9 Å². The van der Waals surface area contributed by atoms with E-state index in [0.717, 1.165) is 43.6 Å². The molecule has 2 fully saturated rings. The van der Waals surface area contributed by atoms with Crippen molar-refractivity contribution in [3.8, 4) is 0 Å². The first-order chi connectivity index (χ1) is 12.2. The Kier molecular flexibility index (Phi) is 4.50. The molecule has 1 amide bonds. The van der Waals surface area contributed by atoms with Gasteiger partial charge in [0.05, 0.1) is 5.41 Å². The van der Waals surface area contributed by atoms with Crippen molar-refractivity contribution in [2.45, 2.75) is 56.3 Å². The van der Waals surface area contributed by atoms with Gasteiger partial charge in [0.25, 0.3) is 0 Å². The summed E-state index contributed by atoms with van der Waals surface area (Å²) in [6, 6.07) is 7.63. The zero-order valence-corrected chi connectivity index (χ0v) is 14.9. The van der Waals surface area contributed by atoms with Crippen molar-refractivity contribution in [2.24, 2.45) is 0 Å². The summed E-state index contributed by atoms with van der Waals surface area (Å²) in [4.78, 5) is 17.2. The maximum absolute atomic E-state index is 12.8. The molecule has 2 aliphatic rings. The third kappa shape index (κ3) is 3.17. The molecule has 0 spiro atoms. The molecule has 1 aromatic heterocycles. The van der Waals surface area contributed by atoms with Crippen molar-refractivity contribution < 1.29 is 9.32 Å². The summed E-state index contributed by atoms with van der Waals surface area (Å²) < 4.78 is 5.32. The third-order valence-electron chi connectivity index (χ3n) is 5.61. The van der Waals surface area contributed by atoms with Crippen LogP contribution in [-0.4, -0.2) is 22.6 Å². The highest BCUT2D eigenvalue weighted by Gasteiger charge is 2.45. The van der Waals surface area contributed by atoms with Crippen LogP contribution in [-0.2, 0) is 16.6 Å². The molecule has 0 bridgehead atoms. The molecule has 6 heteroatoms. The summed E-state index contributed by atoms with van der Waals surface area (Å²) in [6.07, 6.45) is 6.96. The Morgan fingerprint density at radius 3 is 2.60 bits per heavy atom. The van der Waals surface area contributed by atoms with Gasteiger partial charge in [-0.25, -0.2) is 0 Å². The minimum absolute atomic E-state index is 0.0868. The lowest BCUT2D eigenvalue weighted by atomic mass is 9.64. The summed E-state index contributed by atoms with van der Waals surface area (Å²) in [7, 11) is 0. The van der Waals surface area contributed by atoms with E-state index in [9.17, 15) is 4.79 Å². The van der Waals surface area contributed by atoms with Crippen LogP contribution in [0, 0.1) is 0 Å². The van der Waals surface area contributed by atoms with E-state index < -0.39 is 5.41 Å². The fourth-order valence-electron chi connectivity index (χ4n) is 3.59. The van der Waals surface area contributed by atoms with Crippen LogP contribution in [0.15, 0.2) is 28.8 Å². The normalized spacial score (nSPS) is 19.1. The second-order valence-electron chi connectivity index (χ2n) is 7.13. The maximum atomic E-state index is 12.8. The van der Waals surface area contributed by atoms with Crippen molar-refractivity contribution in [1.29, 1.82) is 0 Å². The number of nitrogens with one attached hydrogen (secondary N) is 1. The molecule has 2 saturated carbocycles. The quantitative estimate of drug-likeness (QED) is 0.852. The zero-order chi connectivity index (χ0) is 17.3. The minimum atomic E-state index is -0.404. The van der Waals surface area contributed by atoms with E-state index in [1.165, 1.54) is 6.42 Å². The van der Waals surface area contributed by atoms with Crippen LogP contribution < -0.4 is 5.32 Å². The lowest BCUT2D eigenvalue weighted by molar-refractivity contribution is -0.129. The predicted octanol–water partition coefficient (Wildman–Crippen LogP) is 3.77. The SMILES string of the molecule is O=C(NCCc1noc(C2CCC2)n1)C1(c2ccc(Cl)cc2)CCC1. The number of nitrogens with zero attached hydrogens (tertiary/aromatic N) is 2. The van der Waals surface area contributed by atoms with Gasteiger partial charge >= 0.3 is 0 Å². The second kappa shape index (κ2) is 6.79. The van der Waals surface area contributed by atoms with E-state index in [0.29, 0.717) is 29.7 Å². The minimum Gasteiger partial charge on any atom is -0.355 e. The Morgan fingerprint density at radius 1 is 1.24 bits per heavy atom. The molecule has 0 unspecified atom stereocenters. The molecule has 5 nitrogen and oxygen atoms in total. The molecule has 2 aromatic rings. The van der Waals surface area contributed by atoms with Crippen molar-refractivity contribution in [3.05, 3.63) is 46.6 Å². The second-order valence-corrected chi connectivity index (χ2v) is 7.56. The first kappa shape index (κ1) is 16.6. The van der Waals surface area contributed by atoms with Crippen molar-refractivity contribution in [1.82, 2.24) is 15.5 Å². The number of benzene rings is 1. The Balaban J connectivity index is 1.34. The fraction of sp³-hybridized carbons (Fsp3) is 0.526. The average molecular weight is 360 g/mol. The molecule has 4 rings (SSSR count). The number of hydrogen-bond donors (Lipinski definition) is 1. The lowest BCUT2D eigenvalue weighted by Gasteiger charge is -2.40. The highest BCUT2D eigenvalue weighted by molar-refractivity contribution is 6.30. The number of rotatable bonds is 6. The van der Waals surface area contributed by atoms with E-state index in [-0.39, 0.29) is 5.91 Å². The van der Waals surface area contributed by atoms with E-state index in [1.54, 1.807) is 0 Å². The summed E-state index contributed by atoms with van der Waals surface area (Å²) in [5.74, 6) is 1.96. The molecular formula is C19H22ClN3O2. The van der Waals surface area contributed by atoms with Gasteiger partial charge in [-0.3, -0.25) is 4.79 Å². The molecular weight excluding hydrogens is 338 g/mol. The molecule has 1 N–H and O–H groups in total. The van der Waals surface area contributed by atoms with Crippen LogP contribution in [0.25, 0.3) is 0 Å². The lowest BCUT2D eigenvalue weighted by Crippen LogP contribution is -2.49. The first-order valence-electron chi connectivity index (χ1n) is 9.04. The Hall–Kier alpha value is -1.88. The van der Waals surface area contributed by atoms with Gasteiger partial charge in [0.15, 0.2) is 5.82 Å². The first-order valence-corrected chi connectivity index (χ1v) is 9.42. The summed E-state index contributed by atoms with van der Waals surface area (Å²) in [6.45, 7) is 0.526. The standard InChI is InChI=1S/C19H22ClN3O2/c20-15-7-5-14(6-8-15)19(10-2-11-19)18(24)21-12-9-16-22-17(25-23-16)13-3-1-4-13/h5-8,13H,1-4,9-12H2,(H,21,24). The number of carbonyl (C=O) groups is 1. The Labute approximate surface area is 152 Å². The maximum Gasteiger partial charge on any atom is 0.230 e. The van der Waals surface area contributed by atoms with Crippen LogP contribution in [0.1, 0.15) is 61.7 Å². The summed E-state index contributed by atoms with van der Waals surface area (Å²) in [5, 5.41) is 7.78. The smallest absolute Gasteiger partial charge is 0.230 e. The molecule has 1 aromatic carbocycles. The fourth-order valence-corrected chi connectivity index (χ4v) is 3.72. The molecule has 0 saturated heterocycles. The molecule has 132 valence electrons. The van der Waals surface area contributed by atoms with E-state index in [1.807, 2.05) is 24.3 Å². The van der Waals surface area contributed by atoms with Crippen LogP contribution >= 0.6 is 11.6 Å². The van der Waals surface area contributed by atoms with E-state index in [4.69, 9.17) is 16.1 Å². The Bertz CT molecular complexity index is 748. The van der Waals surface area contributed by atoms with Gasteiger partial charge in [-0.2, -0.15) is 4.98 Å². The molecule has 0 atom stereocenters. The summed E-state index contributed by atoms with van der Waals surface area (Å²) in [5.41, 5.74) is 0.645. The summed E-state index contributed by atoms with van der Waals surface area (Å²) >= 11 is 5.97. The third-order valence-corrected chi connectivity index (χ3v) is 5.86. The van der Waals surface area contributed by atoms with Gasteiger partial charge < -0.3 is 9.84 Å². The van der Waals surface area contributed by atoms with Gasteiger partial charge in [0.1, 0.15) is 0 Å². The predicted molar refractivity (Wildman–Crippen MR) is 94.6 cm³/mol. The van der Waals surface area contributed by atoms with Gasteiger partial charge in [0.2, 0.25) is 11.8 Å². The molecule has 0 aliphatic heterocycles. The van der Waals surface area contributed by atoms with Gasteiger partial charge in [-0.05, 0) is 43.4 Å². The van der Waals surface area contributed by atoms with Crippen LogP contribution in [0.3, 0.4) is 0 Å². The van der Waals surface area contributed by atoms with Crippen LogP contribution in [0.4, 0.5) is 0 Å². The highest BCUT2D eigenvalue weighted by atomic mass is 35.5. The topological polar surface area (TPSA) is 68.0 Å². The monoisotopic (exact) mass is 359 g/mol. The van der Waals surface area contributed by atoms with Crippen molar-refractivity contribution in [2.75, 3.05) is 6.54 Å². The van der Waals surface area contributed by atoms with Crippen molar-refractivity contribution >= 4 is 17.5 Å². The largest absolute Gasteiger partial charge is 0.355 e. The molecule has 1 heterocycles. The molecule has 2 aliphatic carbocycles. The van der Waals surface area contributed by atoms with Crippen molar-refractivity contribution in [3.63, 3.8) is 0 Å². The van der Waals surface area contributed by atoms with Crippen LogP contribution in [0.5, 0.6) is 0 Å². The molecule has 0 radical (unpaired) electrons. The molecule has 25 heavy (non-hydrogen) atoms. The number of carbonyl (C=O) groups excluding carboxylic acids is 1. The van der Waals surface area contributed by atoms with Gasteiger partial charge in [-0.1, -0.05) is 41.7 Å². The number of halogens is 1. The van der Waals surface area contributed by atoms with Gasteiger partial charge in [-0.15, -0.1) is 0 Å². The van der Waals surface area contributed by atoms with E-state index >= 15 is 0 Å². The average Bonchev–Trinajstić information content (AvgIpc) is 2.94. The highest BCUT2D eigenvalue weighted by Crippen LogP contribution is 2.44. The Morgan fingerprint density at radius 2 is 2.00 bits per heavy atom. The zero-order valence-electron chi connectivity index (χ0n) is 14.1. The number of amides is 1. The number of aromatic nitrogens is 2. The van der Waals surface area contributed by atoms with Crippen LogP contribution in [0.2, 0.25) is 5.02 Å². The number of hydrogen-bond acceptors (Lipinski definition) is 4.